The zero-order valence-electron chi connectivity index (χ0n) is 10.4. The van der Waals surface area contributed by atoms with Gasteiger partial charge in [0.25, 0.3) is 0 Å². The van der Waals surface area contributed by atoms with Gasteiger partial charge in [-0.15, -0.1) is 12.4 Å². The third-order valence-corrected chi connectivity index (χ3v) is 4.08. The molecule has 1 N–H and O–H groups in total. The normalized spacial score (nSPS) is 20.6. The van der Waals surface area contributed by atoms with Crippen LogP contribution in [0.3, 0.4) is 0 Å². The summed E-state index contributed by atoms with van der Waals surface area (Å²) in [5.74, 6) is 0. The molecule has 0 radical (unpaired) electrons. The Morgan fingerprint density at radius 3 is 2.76 bits per heavy atom. The number of fused-ring (bicyclic) bond motifs is 1. The predicted octanol–water partition coefficient (Wildman–Crippen LogP) is 3.53. The number of nitrogens with one attached hydrogen (secondary N) is 1. The molecule has 1 aliphatic heterocycles. The topological polar surface area (TPSA) is 15.3 Å². The first kappa shape index (κ1) is 12.6. The maximum Gasteiger partial charge on any atom is 0.0602 e. The van der Waals surface area contributed by atoms with Crippen molar-refractivity contribution in [2.24, 2.45) is 5.41 Å². The Kier molecular flexibility index (Phi) is 3.53. The molecule has 1 fully saturated rings. The van der Waals surface area contributed by atoms with Crippen LogP contribution in [0.5, 0.6) is 0 Å². The van der Waals surface area contributed by atoms with E-state index in [0.29, 0.717) is 5.41 Å². The quantitative estimate of drug-likeness (QED) is 0.866. The fourth-order valence-electron chi connectivity index (χ4n) is 2.91. The molecule has 0 aromatic heterocycles. The van der Waals surface area contributed by atoms with Crippen LogP contribution < -0.4 is 10.2 Å². The molecule has 2 nitrogen and oxygen atoms in total. The van der Waals surface area contributed by atoms with E-state index in [2.05, 4.69) is 41.4 Å². The monoisotopic (exact) mass is 252 g/mol. The van der Waals surface area contributed by atoms with E-state index in [4.69, 9.17) is 0 Å². The molecular weight excluding hydrogens is 232 g/mol. The van der Waals surface area contributed by atoms with Crippen molar-refractivity contribution in [3.8, 4) is 0 Å². The second kappa shape index (κ2) is 4.77. The average molecular weight is 253 g/mol. The Morgan fingerprint density at radius 1 is 1.29 bits per heavy atom. The molecule has 0 bridgehead atoms. The van der Waals surface area contributed by atoms with Gasteiger partial charge >= 0.3 is 0 Å². The standard InChI is InChI=1S/C14H20N2.ClH/c1-14(7-4-8-14)11-16-10-9-15-12-5-2-3-6-13(12)16;/h2-3,5-6,15H,4,7-11H2,1H3;1H. The van der Waals surface area contributed by atoms with E-state index in [1.807, 2.05) is 0 Å². The van der Waals surface area contributed by atoms with Crippen LogP contribution in [-0.2, 0) is 0 Å². The Hall–Kier alpha value is -0.890. The fourth-order valence-corrected chi connectivity index (χ4v) is 2.91. The summed E-state index contributed by atoms with van der Waals surface area (Å²) in [5.41, 5.74) is 3.27. The van der Waals surface area contributed by atoms with Gasteiger partial charge in [-0.05, 0) is 30.4 Å². The molecule has 17 heavy (non-hydrogen) atoms. The molecular formula is C14H21ClN2. The summed E-state index contributed by atoms with van der Waals surface area (Å²) in [7, 11) is 0. The summed E-state index contributed by atoms with van der Waals surface area (Å²) in [5, 5.41) is 3.47. The van der Waals surface area contributed by atoms with Crippen molar-refractivity contribution in [2.45, 2.75) is 26.2 Å². The van der Waals surface area contributed by atoms with E-state index in [9.17, 15) is 0 Å². The van der Waals surface area contributed by atoms with Crippen LogP contribution >= 0.6 is 12.4 Å². The zero-order valence-corrected chi connectivity index (χ0v) is 11.2. The van der Waals surface area contributed by atoms with Gasteiger partial charge in [0.05, 0.1) is 11.4 Å². The molecule has 0 atom stereocenters. The van der Waals surface area contributed by atoms with E-state index in [1.54, 1.807) is 0 Å². The van der Waals surface area contributed by atoms with E-state index < -0.39 is 0 Å². The third kappa shape index (κ3) is 2.37. The van der Waals surface area contributed by atoms with Gasteiger partial charge in [0.1, 0.15) is 0 Å². The molecule has 1 aliphatic carbocycles. The molecule has 0 amide bonds. The van der Waals surface area contributed by atoms with Crippen LogP contribution in [0.2, 0.25) is 0 Å². The van der Waals surface area contributed by atoms with Crippen molar-refractivity contribution in [1.82, 2.24) is 0 Å². The molecule has 1 aromatic rings. The van der Waals surface area contributed by atoms with Crippen molar-refractivity contribution in [2.75, 3.05) is 29.9 Å². The largest absolute Gasteiger partial charge is 0.382 e. The number of hydrogen-bond acceptors (Lipinski definition) is 2. The van der Waals surface area contributed by atoms with Gasteiger partial charge in [0.15, 0.2) is 0 Å². The minimum absolute atomic E-state index is 0. The van der Waals surface area contributed by atoms with Crippen molar-refractivity contribution in [1.29, 1.82) is 0 Å². The maximum atomic E-state index is 3.47. The predicted molar refractivity (Wildman–Crippen MR) is 76.4 cm³/mol. The van der Waals surface area contributed by atoms with E-state index >= 15 is 0 Å². The van der Waals surface area contributed by atoms with Crippen molar-refractivity contribution in [3.05, 3.63) is 24.3 Å². The number of para-hydroxylation sites is 2. The first-order valence-electron chi connectivity index (χ1n) is 6.35. The molecule has 2 aliphatic rings. The summed E-state index contributed by atoms with van der Waals surface area (Å²) in [6.07, 6.45) is 4.22. The first-order chi connectivity index (χ1) is 7.77. The van der Waals surface area contributed by atoms with Crippen LogP contribution in [-0.4, -0.2) is 19.6 Å². The minimum Gasteiger partial charge on any atom is -0.382 e. The van der Waals surface area contributed by atoms with Crippen LogP contribution in [0, 0.1) is 5.41 Å². The van der Waals surface area contributed by atoms with Crippen molar-refractivity contribution < 1.29 is 0 Å². The Bertz CT molecular complexity index is 388. The molecule has 0 spiro atoms. The molecule has 94 valence electrons. The van der Waals surface area contributed by atoms with Gasteiger partial charge in [-0.2, -0.15) is 0 Å². The fraction of sp³-hybridized carbons (Fsp3) is 0.571. The molecule has 3 heteroatoms. The van der Waals surface area contributed by atoms with Crippen LogP contribution in [0.25, 0.3) is 0 Å². The second-order valence-electron chi connectivity index (χ2n) is 5.53. The van der Waals surface area contributed by atoms with Gasteiger partial charge in [0.2, 0.25) is 0 Å². The van der Waals surface area contributed by atoms with Crippen LogP contribution in [0.15, 0.2) is 24.3 Å². The zero-order chi connectivity index (χ0) is 11.0. The molecule has 1 heterocycles. The van der Waals surface area contributed by atoms with Crippen molar-refractivity contribution >= 4 is 23.8 Å². The minimum atomic E-state index is 0. The maximum absolute atomic E-state index is 3.47. The van der Waals surface area contributed by atoms with Crippen LogP contribution in [0.4, 0.5) is 11.4 Å². The molecule has 1 saturated carbocycles. The SMILES string of the molecule is CC1(CN2CCNc3ccccc32)CCC1.Cl. The lowest BCUT2D eigenvalue weighted by atomic mass is 9.70. The van der Waals surface area contributed by atoms with Crippen molar-refractivity contribution in [3.63, 3.8) is 0 Å². The number of benzene rings is 1. The third-order valence-electron chi connectivity index (χ3n) is 4.08. The van der Waals surface area contributed by atoms with Gasteiger partial charge in [-0.3, -0.25) is 0 Å². The molecule has 3 rings (SSSR count). The second-order valence-corrected chi connectivity index (χ2v) is 5.53. The Morgan fingerprint density at radius 2 is 2.06 bits per heavy atom. The highest BCUT2D eigenvalue weighted by atomic mass is 35.5. The smallest absolute Gasteiger partial charge is 0.0602 e. The lowest BCUT2D eigenvalue weighted by Crippen LogP contribution is -2.44. The summed E-state index contributed by atoms with van der Waals surface area (Å²) in [6, 6.07) is 8.68. The van der Waals surface area contributed by atoms with Gasteiger partial charge in [0, 0.05) is 19.6 Å². The number of rotatable bonds is 2. The van der Waals surface area contributed by atoms with Gasteiger partial charge in [-0.25, -0.2) is 0 Å². The summed E-state index contributed by atoms with van der Waals surface area (Å²) < 4.78 is 0. The van der Waals surface area contributed by atoms with E-state index in [-0.39, 0.29) is 12.4 Å². The average Bonchev–Trinajstić information content (AvgIpc) is 2.27. The summed E-state index contributed by atoms with van der Waals surface area (Å²) >= 11 is 0. The molecule has 0 unspecified atom stereocenters. The molecule has 1 aromatic carbocycles. The Labute approximate surface area is 110 Å². The van der Waals surface area contributed by atoms with E-state index in [0.717, 1.165) is 13.1 Å². The van der Waals surface area contributed by atoms with Gasteiger partial charge in [-0.1, -0.05) is 25.5 Å². The van der Waals surface area contributed by atoms with Crippen LogP contribution in [0.1, 0.15) is 26.2 Å². The highest BCUT2D eigenvalue weighted by Gasteiger charge is 2.34. The lowest BCUT2D eigenvalue weighted by molar-refractivity contribution is 0.168. The molecule has 0 saturated heterocycles. The highest BCUT2D eigenvalue weighted by molar-refractivity contribution is 5.85. The van der Waals surface area contributed by atoms with Gasteiger partial charge < -0.3 is 10.2 Å². The number of hydrogen-bond donors (Lipinski definition) is 1. The Balaban J connectivity index is 0.00000108. The summed E-state index contributed by atoms with van der Waals surface area (Å²) in [4.78, 5) is 2.56. The summed E-state index contributed by atoms with van der Waals surface area (Å²) in [6.45, 7) is 5.88. The number of halogens is 1. The number of anilines is 2. The van der Waals surface area contributed by atoms with E-state index in [1.165, 1.54) is 37.2 Å². The highest BCUT2D eigenvalue weighted by Crippen LogP contribution is 2.42. The number of nitrogens with zero attached hydrogens (tertiary/aromatic N) is 1. The first-order valence-corrected chi connectivity index (χ1v) is 6.35. The lowest BCUT2D eigenvalue weighted by Gasteiger charge is -2.44.